The van der Waals surface area contributed by atoms with Gasteiger partial charge in [-0.15, -0.1) is 0 Å². The molecule has 2 aromatic carbocycles. The zero-order valence-electron chi connectivity index (χ0n) is 18.3. The third kappa shape index (κ3) is 4.85. The summed E-state index contributed by atoms with van der Waals surface area (Å²) in [5.74, 6) is -0.236. The van der Waals surface area contributed by atoms with Crippen molar-refractivity contribution in [1.82, 2.24) is 9.62 Å². The molecule has 2 aromatic rings. The predicted octanol–water partition coefficient (Wildman–Crippen LogP) is 4.62. The number of amides is 1. The van der Waals surface area contributed by atoms with Gasteiger partial charge in [0.05, 0.1) is 10.9 Å². The molecule has 1 fully saturated rings. The van der Waals surface area contributed by atoms with Crippen molar-refractivity contribution >= 4 is 15.9 Å². The number of sulfonamides is 1. The van der Waals surface area contributed by atoms with Crippen LogP contribution in [-0.4, -0.2) is 31.7 Å². The molecule has 4 rings (SSSR count). The summed E-state index contributed by atoms with van der Waals surface area (Å²) in [6, 6.07) is 12.9. The van der Waals surface area contributed by atoms with E-state index < -0.39 is 10.0 Å². The molecule has 1 amide bonds. The number of aryl methyl sites for hydroxylation is 2. The molecule has 6 heteroatoms. The van der Waals surface area contributed by atoms with Crippen LogP contribution in [0.2, 0.25) is 0 Å². The van der Waals surface area contributed by atoms with E-state index in [-0.39, 0.29) is 16.8 Å². The average molecular weight is 441 g/mol. The first kappa shape index (κ1) is 22.0. The smallest absolute Gasteiger partial charge is 0.251 e. The van der Waals surface area contributed by atoms with E-state index in [0.717, 1.165) is 44.1 Å². The fourth-order valence-corrected chi connectivity index (χ4v) is 6.25. The highest BCUT2D eigenvalue weighted by molar-refractivity contribution is 7.89. The average Bonchev–Trinajstić information content (AvgIpc) is 2.82. The monoisotopic (exact) mass is 440 g/mol. The van der Waals surface area contributed by atoms with Crippen LogP contribution >= 0.6 is 0 Å². The van der Waals surface area contributed by atoms with Crippen LogP contribution < -0.4 is 5.32 Å². The third-order valence-corrected chi connectivity index (χ3v) is 8.43. The van der Waals surface area contributed by atoms with Crippen LogP contribution in [0.25, 0.3) is 0 Å². The maximum atomic E-state index is 13.0. The molecule has 1 aliphatic carbocycles. The van der Waals surface area contributed by atoms with Gasteiger partial charge < -0.3 is 5.32 Å². The highest BCUT2D eigenvalue weighted by Crippen LogP contribution is 2.27. The Morgan fingerprint density at radius 1 is 0.968 bits per heavy atom. The zero-order valence-corrected chi connectivity index (χ0v) is 19.1. The summed E-state index contributed by atoms with van der Waals surface area (Å²) in [6.07, 6.45) is 8.32. The van der Waals surface area contributed by atoms with E-state index in [1.165, 1.54) is 34.3 Å². The molecule has 0 bridgehead atoms. The lowest BCUT2D eigenvalue weighted by atomic mass is 9.88. The van der Waals surface area contributed by atoms with Gasteiger partial charge in [-0.05, 0) is 79.8 Å². The molecule has 0 radical (unpaired) electrons. The second-order valence-corrected chi connectivity index (χ2v) is 10.6. The van der Waals surface area contributed by atoms with Crippen LogP contribution in [0.4, 0.5) is 0 Å². The van der Waals surface area contributed by atoms with Crippen molar-refractivity contribution in [2.45, 2.75) is 69.2 Å². The van der Waals surface area contributed by atoms with E-state index in [2.05, 4.69) is 30.4 Å². The second-order valence-electron chi connectivity index (χ2n) is 8.66. The van der Waals surface area contributed by atoms with Crippen LogP contribution in [-0.2, 0) is 22.9 Å². The summed E-state index contributed by atoms with van der Waals surface area (Å²) in [6.45, 7) is 3.16. The molecular formula is C25H32N2O3S. The molecule has 1 atom stereocenters. The van der Waals surface area contributed by atoms with Gasteiger partial charge in [0.25, 0.3) is 5.91 Å². The Labute approximate surface area is 185 Å². The van der Waals surface area contributed by atoms with Gasteiger partial charge in [0.1, 0.15) is 0 Å². The van der Waals surface area contributed by atoms with Gasteiger partial charge in [-0.25, -0.2) is 8.42 Å². The molecule has 0 unspecified atom stereocenters. The quantitative estimate of drug-likeness (QED) is 0.713. The van der Waals surface area contributed by atoms with Gasteiger partial charge in [-0.3, -0.25) is 4.79 Å². The number of carbonyl (C=O) groups is 1. The molecule has 166 valence electrons. The molecule has 5 nitrogen and oxygen atoms in total. The van der Waals surface area contributed by atoms with E-state index >= 15 is 0 Å². The fourth-order valence-electron chi connectivity index (χ4n) is 4.68. The van der Waals surface area contributed by atoms with Crippen molar-refractivity contribution in [2.75, 3.05) is 13.1 Å². The molecule has 0 saturated carbocycles. The number of benzene rings is 2. The Morgan fingerprint density at radius 3 is 2.45 bits per heavy atom. The minimum Gasteiger partial charge on any atom is -0.345 e. The molecule has 31 heavy (non-hydrogen) atoms. The van der Waals surface area contributed by atoms with E-state index in [4.69, 9.17) is 0 Å². The number of piperidine rings is 1. The van der Waals surface area contributed by atoms with Crippen molar-refractivity contribution in [3.8, 4) is 0 Å². The van der Waals surface area contributed by atoms with Gasteiger partial charge >= 0.3 is 0 Å². The first-order chi connectivity index (χ1) is 15.0. The number of hydrogen-bond donors (Lipinski definition) is 1. The first-order valence-corrected chi connectivity index (χ1v) is 13.0. The lowest BCUT2D eigenvalue weighted by molar-refractivity contribution is 0.0935. The van der Waals surface area contributed by atoms with Crippen molar-refractivity contribution in [1.29, 1.82) is 0 Å². The topological polar surface area (TPSA) is 66.5 Å². The number of nitrogens with zero attached hydrogens (tertiary/aromatic N) is 1. The molecule has 1 heterocycles. The Bertz CT molecular complexity index is 1040. The lowest BCUT2D eigenvalue weighted by Gasteiger charge is -2.26. The predicted molar refractivity (Wildman–Crippen MR) is 123 cm³/mol. The van der Waals surface area contributed by atoms with Crippen molar-refractivity contribution in [3.63, 3.8) is 0 Å². The van der Waals surface area contributed by atoms with E-state index in [0.29, 0.717) is 18.7 Å². The molecule has 1 N–H and O–H groups in total. The van der Waals surface area contributed by atoms with Crippen molar-refractivity contribution in [2.24, 2.45) is 0 Å². The molecule has 0 aromatic heterocycles. The van der Waals surface area contributed by atoms with Crippen LogP contribution in [0.5, 0.6) is 0 Å². The van der Waals surface area contributed by atoms with Crippen molar-refractivity contribution < 1.29 is 13.2 Å². The number of fused-ring (bicyclic) bond motifs is 1. The Morgan fingerprint density at radius 2 is 1.71 bits per heavy atom. The largest absolute Gasteiger partial charge is 0.345 e. The zero-order chi connectivity index (χ0) is 21.8. The van der Waals surface area contributed by atoms with Crippen LogP contribution in [0, 0.1) is 0 Å². The van der Waals surface area contributed by atoms with Gasteiger partial charge in [-0.1, -0.05) is 37.6 Å². The standard InChI is InChI=1S/C25H32N2O3S/c1-2-24(21-14-13-19-9-4-5-10-20(19)17-21)26-25(28)22-11-8-12-23(18-22)31(29,30)27-15-6-3-7-16-27/h8,11-14,17-18,24H,2-7,9-10,15-16H2,1H3,(H,26,28)/t24-/m0/s1. The highest BCUT2D eigenvalue weighted by Gasteiger charge is 2.27. The van der Waals surface area contributed by atoms with Gasteiger partial charge in [0.15, 0.2) is 0 Å². The van der Waals surface area contributed by atoms with Crippen LogP contribution in [0.1, 0.15) is 78.5 Å². The van der Waals surface area contributed by atoms with Gasteiger partial charge in [0, 0.05) is 18.7 Å². The summed E-state index contributed by atoms with van der Waals surface area (Å²) >= 11 is 0. The summed E-state index contributed by atoms with van der Waals surface area (Å²) in [4.78, 5) is 13.2. The molecule has 2 aliphatic rings. The van der Waals surface area contributed by atoms with Crippen molar-refractivity contribution in [3.05, 3.63) is 64.7 Å². The van der Waals surface area contributed by atoms with Crippen LogP contribution in [0.3, 0.4) is 0 Å². The van der Waals surface area contributed by atoms with Crippen LogP contribution in [0.15, 0.2) is 47.4 Å². The van der Waals surface area contributed by atoms with E-state index in [1.54, 1.807) is 18.2 Å². The van der Waals surface area contributed by atoms with Gasteiger partial charge in [0.2, 0.25) is 10.0 Å². The maximum Gasteiger partial charge on any atom is 0.251 e. The molecule has 1 aliphatic heterocycles. The fraction of sp³-hybridized carbons (Fsp3) is 0.480. The van der Waals surface area contributed by atoms with E-state index in [1.807, 2.05) is 0 Å². The molecular weight excluding hydrogens is 408 g/mol. The normalized spacial score (nSPS) is 18.2. The number of nitrogens with one attached hydrogen (secondary N) is 1. The molecule has 0 spiro atoms. The Hall–Kier alpha value is -2.18. The third-order valence-electron chi connectivity index (χ3n) is 6.54. The SMILES string of the molecule is CC[C@H](NC(=O)c1cccc(S(=O)(=O)N2CCCCC2)c1)c1ccc2c(c1)CCCC2. The van der Waals surface area contributed by atoms with Gasteiger partial charge in [-0.2, -0.15) is 4.31 Å². The molecule has 1 saturated heterocycles. The second kappa shape index (κ2) is 9.53. The van der Waals surface area contributed by atoms with E-state index in [9.17, 15) is 13.2 Å². The Kier molecular flexibility index (Phi) is 6.77. The highest BCUT2D eigenvalue weighted by atomic mass is 32.2. The summed E-state index contributed by atoms with van der Waals surface area (Å²) in [5.41, 5.74) is 4.32. The number of rotatable bonds is 6. The minimum absolute atomic E-state index is 0.0953. The summed E-state index contributed by atoms with van der Waals surface area (Å²) < 4.78 is 27.5. The number of hydrogen-bond acceptors (Lipinski definition) is 3. The minimum atomic E-state index is -3.56. The summed E-state index contributed by atoms with van der Waals surface area (Å²) in [5, 5.41) is 3.12. The Balaban J connectivity index is 1.52. The first-order valence-electron chi connectivity index (χ1n) is 11.5. The lowest BCUT2D eigenvalue weighted by Crippen LogP contribution is -2.35. The summed E-state index contributed by atoms with van der Waals surface area (Å²) in [7, 11) is -3.56. The number of carbonyl (C=O) groups excluding carboxylic acids is 1. The maximum absolute atomic E-state index is 13.0.